The smallest absolute Gasteiger partial charge is 0.0470 e. The highest BCUT2D eigenvalue weighted by Crippen LogP contribution is 2.41. The standard InChI is InChI=1S/C18H23BrN2/c1-2-9-20-18(15-6-7-15)16-8-10-21(13-16)12-14-4-3-5-17(19)11-14/h3-5,8,10-11,13,15,18,20H,2,6-7,9,12H2,1H3. The summed E-state index contributed by atoms with van der Waals surface area (Å²) in [6.07, 6.45) is 8.46. The lowest BCUT2D eigenvalue weighted by molar-refractivity contribution is 0.480. The van der Waals surface area contributed by atoms with Crippen molar-refractivity contribution in [2.75, 3.05) is 6.54 Å². The van der Waals surface area contributed by atoms with E-state index in [0.29, 0.717) is 6.04 Å². The van der Waals surface area contributed by atoms with Gasteiger partial charge in [0, 0.05) is 29.5 Å². The van der Waals surface area contributed by atoms with Crippen molar-refractivity contribution in [1.82, 2.24) is 9.88 Å². The van der Waals surface area contributed by atoms with Crippen LogP contribution < -0.4 is 5.32 Å². The molecule has 2 aromatic rings. The van der Waals surface area contributed by atoms with Gasteiger partial charge in [-0.2, -0.15) is 0 Å². The van der Waals surface area contributed by atoms with Crippen LogP contribution in [0.3, 0.4) is 0 Å². The van der Waals surface area contributed by atoms with Gasteiger partial charge < -0.3 is 9.88 Å². The third-order valence-corrected chi connectivity index (χ3v) is 4.59. The number of hydrogen-bond donors (Lipinski definition) is 1. The van der Waals surface area contributed by atoms with Gasteiger partial charge >= 0.3 is 0 Å². The molecule has 0 aliphatic heterocycles. The van der Waals surface area contributed by atoms with E-state index in [2.05, 4.69) is 75.5 Å². The third kappa shape index (κ3) is 3.98. The second-order valence-corrected chi connectivity index (χ2v) is 6.93. The zero-order valence-corrected chi connectivity index (χ0v) is 14.1. The first-order valence-electron chi connectivity index (χ1n) is 7.90. The number of aromatic nitrogens is 1. The Kier molecular flexibility index (Phi) is 4.81. The molecule has 1 fully saturated rings. The van der Waals surface area contributed by atoms with Crippen LogP contribution in [0.2, 0.25) is 0 Å². The van der Waals surface area contributed by atoms with Gasteiger partial charge in [0.2, 0.25) is 0 Å². The van der Waals surface area contributed by atoms with Crippen molar-refractivity contribution in [3.05, 3.63) is 58.3 Å². The first kappa shape index (κ1) is 14.9. The first-order chi connectivity index (χ1) is 10.3. The lowest BCUT2D eigenvalue weighted by atomic mass is 10.1. The molecule has 112 valence electrons. The Bertz CT molecular complexity index is 586. The summed E-state index contributed by atoms with van der Waals surface area (Å²) in [4.78, 5) is 0. The lowest BCUT2D eigenvalue weighted by Crippen LogP contribution is -2.23. The fraction of sp³-hybridized carbons (Fsp3) is 0.444. The van der Waals surface area contributed by atoms with Crippen LogP contribution in [0.1, 0.15) is 43.4 Å². The van der Waals surface area contributed by atoms with Gasteiger partial charge in [0.25, 0.3) is 0 Å². The molecular formula is C18H23BrN2. The maximum Gasteiger partial charge on any atom is 0.0470 e. The molecule has 1 unspecified atom stereocenters. The third-order valence-electron chi connectivity index (χ3n) is 4.09. The van der Waals surface area contributed by atoms with Crippen molar-refractivity contribution in [2.24, 2.45) is 5.92 Å². The van der Waals surface area contributed by atoms with E-state index in [1.165, 1.54) is 30.4 Å². The molecule has 1 atom stereocenters. The fourth-order valence-electron chi connectivity index (χ4n) is 2.87. The minimum absolute atomic E-state index is 0.550. The molecule has 1 aliphatic carbocycles. The van der Waals surface area contributed by atoms with E-state index in [4.69, 9.17) is 0 Å². The summed E-state index contributed by atoms with van der Waals surface area (Å²) in [5, 5.41) is 3.71. The molecule has 0 radical (unpaired) electrons. The number of halogens is 1. The molecule has 3 heteroatoms. The summed E-state index contributed by atoms with van der Waals surface area (Å²) in [6, 6.07) is 11.4. The molecule has 0 bridgehead atoms. The Morgan fingerprint density at radius 1 is 1.33 bits per heavy atom. The Hall–Kier alpha value is -1.06. The maximum atomic E-state index is 3.71. The number of rotatable bonds is 7. The predicted molar refractivity (Wildman–Crippen MR) is 91.4 cm³/mol. The SMILES string of the molecule is CCCNC(c1ccn(Cc2cccc(Br)c2)c1)C1CC1. The zero-order valence-electron chi connectivity index (χ0n) is 12.6. The van der Waals surface area contributed by atoms with Gasteiger partial charge in [0.15, 0.2) is 0 Å². The predicted octanol–water partition coefficient (Wildman–Crippen LogP) is 4.75. The second-order valence-electron chi connectivity index (χ2n) is 6.02. The Morgan fingerprint density at radius 3 is 2.90 bits per heavy atom. The van der Waals surface area contributed by atoms with Crippen LogP contribution in [0, 0.1) is 5.92 Å². The molecule has 1 N–H and O–H groups in total. The molecular weight excluding hydrogens is 324 g/mol. The number of nitrogens with one attached hydrogen (secondary N) is 1. The van der Waals surface area contributed by atoms with Crippen molar-refractivity contribution in [2.45, 2.75) is 38.8 Å². The van der Waals surface area contributed by atoms with Crippen LogP contribution in [-0.2, 0) is 6.54 Å². The summed E-state index contributed by atoms with van der Waals surface area (Å²) in [5.74, 6) is 0.846. The molecule has 0 spiro atoms. The Labute approximate surface area is 135 Å². The number of benzene rings is 1. The second kappa shape index (κ2) is 6.80. The molecule has 3 rings (SSSR count). The minimum Gasteiger partial charge on any atom is -0.350 e. The average molecular weight is 347 g/mol. The molecule has 1 aromatic heterocycles. The highest BCUT2D eigenvalue weighted by Gasteiger charge is 2.32. The summed E-state index contributed by atoms with van der Waals surface area (Å²) >= 11 is 3.54. The quantitative estimate of drug-likeness (QED) is 0.765. The number of hydrogen-bond acceptors (Lipinski definition) is 1. The van der Waals surface area contributed by atoms with Gasteiger partial charge in [0.05, 0.1) is 0 Å². The van der Waals surface area contributed by atoms with E-state index in [-0.39, 0.29) is 0 Å². The highest BCUT2D eigenvalue weighted by atomic mass is 79.9. The van der Waals surface area contributed by atoms with E-state index in [1.807, 2.05) is 0 Å². The largest absolute Gasteiger partial charge is 0.350 e. The molecule has 1 saturated carbocycles. The van der Waals surface area contributed by atoms with Gasteiger partial charge in [-0.05, 0) is 61.1 Å². The summed E-state index contributed by atoms with van der Waals surface area (Å²) < 4.78 is 3.44. The highest BCUT2D eigenvalue weighted by molar-refractivity contribution is 9.10. The topological polar surface area (TPSA) is 17.0 Å². The van der Waals surface area contributed by atoms with Crippen molar-refractivity contribution in [3.8, 4) is 0 Å². The molecule has 1 aliphatic rings. The molecule has 1 aromatic carbocycles. The van der Waals surface area contributed by atoms with E-state index >= 15 is 0 Å². The van der Waals surface area contributed by atoms with Crippen LogP contribution in [0.25, 0.3) is 0 Å². The van der Waals surface area contributed by atoms with Gasteiger partial charge in [0.1, 0.15) is 0 Å². The molecule has 0 amide bonds. The Morgan fingerprint density at radius 2 is 2.19 bits per heavy atom. The van der Waals surface area contributed by atoms with Crippen molar-refractivity contribution in [3.63, 3.8) is 0 Å². The van der Waals surface area contributed by atoms with Gasteiger partial charge in [-0.25, -0.2) is 0 Å². The number of nitrogens with zero attached hydrogens (tertiary/aromatic N) is 1. The van der Waals surface area contributed by atoms with E-state index in [1.54, 1.807) is 0 Å². The average Bonchev–Trinajstić information content (AvgIpc) is 3.20. The van der Waals surface area contributed by atoms with Crippen LogP contribution in [0.4, 0.5) is 0 Å². The molecule has 0 saturated heterocycles. The van der Waals surface area contributed by atoms with Crippen molar-refractivity contribution in [1.29, 1.82) is 0 Å². The van der Waals surface area contributed by atoms with E-state index in [9.17, 15) is 0 Å². The molecule has 21 heavy (non-hydrogen) atoms. The van der Waals surface area contributed by atoms with Gasteiger partial charge in [-0.15, -0.1) is 0 Å². The summed E-state index contributed by atoms with van der Waals surface area (Å²) in [6.45, 7) is 4.28. The van der Waals surface area contributed by atoms with Crippen LogP contribution >= 0.6 is 15.9 Å². The summed E-state index contributed by atoms with van der Waals surface area (Å²) in [7, 11) is 0. The molecule has 2 nitrogen and oxygen atoms in total. The lowest BCUT2D eigenvalue weighted by Gasteiger charge is -2.16. The van der Waals surface area contributed by atoms with Gasteiger partial charge in [-0.3, -0.25) is 0 Å². The van der Waals surface area contributed by atoms with Crippen LogP contribution in [0.15, 0.2) is 47.2 Å². The van der Waals surface area contributed by atoms with Gasteiger partial charge in [-0.1, -0.05) is 35.0 Å². The van der Waals surface area contributed by atoms with E-state index < -0.39 is 0 Å². The monoisotopic (exact) mass is 346 g/mol. The van der Waals surface area contributed by atoms with Crippen molar-refractivity contribution < 1.29 is 0 Å². The maximum absolute atomic E-state index is 3.71. The summed E-state index contributed by atoms with van der Waals surface area (Å²) in [5.41, 5.74) is 2.77. The van der Waals surface area contributed by atoms with Crippen molar-refractivity contribution >= 4 is 15.9 Å². The first-order valence-corrected chi connectivity index (χ1v) is 8.69. The van der Waals surface area contributed by atoms with Crippen LogP contribution in [-0.4, -0.2) is 11.1 Å². The van der Waals surface area contributed by atoms with E-state index in [0.717, 1.165) is 23.5 Å². The van der Waals surface area contributed by atoms with Crippen LogP contribution in [0.5, 0.6) is 0 Å². The Balaban J connectivity index is 1.70. The molecule has 1 heterocycles. The zero-order chi connectivity index (χ0) is 14.7. The fourth-order valence-corrected chi connectivity index (χ4v) is 3.32. The minimum atomic E-state index is 0.550. The normalized spacial score (nSPS) is 16.1.